The summed E-state index contributed by atoms with van der Waals surface area (Å²) in [4.78, 5) is 11.5. The van der Waals surface area contributed by atoms with E-state index in [2.05, 4.69) is 17.6 Å². The molecule has 0 aromatic heterocycles. The first-order valence-corrected chi connectivity index (χ1v) is 6.98. The molecule has 0 saturated heterocycles. The van der Waals surface area contributed by atoms with E-state index in [4.69, 9.17) is 9.47 Å². The molecular weight excluding hydrogens is 256 g/mol. The van der Waals surface area contributed by atoms with Gasteiger partial charge in [-0.05, 0) is 30.7 Å². The minimum Gasteiger partial charge on any atom is -0.493 e. The summed E-state index contributed by atoms with van der Waals surface area (Å²) in [6.45, 7) is 6.40. The quantitative estimate of drug-likeness (QED) is 0.723. The zero-order chi connectivity index (χ0) is 14.8. The van der Waals surface area contributed by atoms with Crippen molar-refractivity contribution in [2.24, 2.45) is 0 Å². The van der Waals surface area contributed by atoms with Gasteiger partial charge in [-0.2, -0.15) is 0 Å². The summed E-state index contributed by atoms with van der Waals surface area (Å²) in [7, 11) is 1.59. The van der Waals surface area contributed by atoms with Crippen LogP contribution in [0.25, 0.3) is 0 Å². The number of hydrogen-bond donors (Lipinski definition) is 2. The second-order valence-electron chi connectivity index (χ2n) is 4.40. The van der Waals surface area contributed by atoms with Crippen LogP contribution >= 0.6 is 0 Å². The lowest BCUT2D eigenvalue weighted by molar-refractivity contribution is -0.123. The van der Waals surface area contributed by atoms with Crippen molar-refractivity contribution in [3.8, 4) is 11.5 Å². The Labute approximate surface area is 120 Å². The van der Waals surface area contributed by atoms with Gasteiger partial charge in [0.1, 0.15) is 0 Å². The third-order valence-electron chi connectivity index (χ3n) is 2.74. The Hall–Kier alpha value is -1.75. The minimum absolute atomic E-state index is 0.00101. The first-order valence-electron chi connectivity index (χ1n) is 6.98. The second-order valence-corrected chi connectivity index (χ2v) is 4.40. The molecule has 0 aliphatic carbocycles. The number of ether oxygens (including phenoxy) is 2. The molecule has 1 aromatic rings. The molecule has 0 aliphatic rings. The van der Waals surface area contributed by atoms with Crippen LogP contribution in [0.2, 0.25) is 0 Å². The van der Waals surface area contributed by atoms with E-state index in [1.54, 1.807) is 7.11 Å². The molecule has 0 bridgehead atoms. The number of carbonyl (C=O) groups is 1. The zero-order valence-electron chi connectivity index (χ0n) is 12.5. The molecule has 0 unspecified atom stereocenters. The van der Waals surface area contributed by atoms with Gasteiger partial charge in [0.2, 0.25) is 0 Å². The molecule has 1 aromatic carbocycles. The van der Waals surface area contributed by atoms with E-state index in [0.717, 1.165) is 25.1 Å². The third kappa shape index (κ3) is 5.48. The van der Waals surface area contributed by atoms with E-state index in [1.165, 1.54) is 0 Å². The maximum absolute atomic E-state index is 11.5. The lowest BCUT2D eigenvalue weighted by Crippen LogP contribution is -2.29. The maximum Gasteiger partial charge on any atom is 0.257 e. The maximum atomic E-state index is 11.5. The van der Waals surface area contributed by atoms with Crippen LogP contribution in [0.1, 0.15) is 25.8 Å². The highest BCUT2D eigenvalue weighted by Gasteiger charge is 2.08. The highest BCUT2D eigenvalue weighted by molar-refractivity contribution is 5.77. The summed E-state index contributed by atoms with van der Waals surface area (Å²) >= 11 is 0. The van der Waals surface area contributed by atoms with Crippen LogP contribution in [0, 0.1) is 0 Å². The topological polar surface area (TPSA) is 59.6 Å². The standard InChI is InChI=1S/C15H24N2O3/c1-4-8-17-15(18)11-20-14-9-12(10-16-5-2)6-7-13(14)19-3/h6-7,9,16H,4-5,8,10-11H2,1-3H3,(H,17,18). The Balaban J connectivity index is 2.63. The molecule has 5 heteroatoms. The minimum atomic E-state index is -0.119. The lowest BCUT2D eigenvalue weighted by Gasteiger charge is -2.12. The number of nitrogens with one attached hydrogen (secondary N) is 2. The van der Waals surface area contributed by atoms with E-state index in [0.29, 0.717) is 18.0 Å². The fraction of sp³-hybridized carbons (Fsp3) is 0.533. The van der Waals surface area contributed by atoms with Crippen molar-refractivity contribution >= 4 is 5.91 Å². The summed E-state index contributed by atoms with van der Waals surface area (Å²) in [5.41, 5.74) is 1.09. The molecule has 20 heavy (non-hydrogen) atoms. The van der Waals surface area contributed by atoms with Crippen molar-refractivity contribution in [3.63, 3.8) is 0 Å². The van der Waals surface area contributed by atoms with Crippen molar-refractivity contribution in [1.82, 2.24) is 10.6 Å². The number of hydrogen-bond acceptors (Lipinski definition) is 4. The molecular formula is C15H24N2O3. The van der Waals surface area contributed by atoms with Crippen molar-refractivity contribution in [1.29, 1.82) is 0 Å². The van der Waals surface area contributed by atoms with Crippen molar-refractivity contribution in [2.75, 3.05) is 26.8 Å². The van der Waals surface area contributed by atoms with Gasteiger partial charge in [0.05, 0.1) is 7.11 Å². The van der Waals surface area contributed by atoms with Crippen LogP contribution in [-0.4, -0.2) is 32.7 Å². The Morgan fingerprint density at radius 3 is 2.70 bits per heavy atom. The summed E-state index contributed by atoms with van der Waals surface area (Å²) in [5, 5.41) is 6.02. The van der Waals surface area contributed by atoms with Crippen molar-refractivity contribution < 1.29 is 14.3 Å². The van der Waals surface area contributed by atoms with Gasteiger partial charge in [-0.3, -0.25) is 4.79 Å². The average molecular weight is 280 g/mol. The van der Waals surface area contributed by atoms with Gasteiger partial charge >= 0.3 is 0 Å². The molecule has 0 aliphatic heterocycles. The molecule has 112 valence electrons. The van der Waals surface area contributed by atoms with Crippen LogP contribution < -0.4 is 20.1 Å². The van der Waals surface area contributed by atoms with Gasteiger partial charge in [0.25, 0.3) is 5.91 Å². The van der Waals surface area contributed by atoms with Crippen LogP contribution in [-0.2, 0) is 11.3 Å². The molecule has 1 rings (SSSR count). The Kier molecular flexibility index (Phi) is 7.50. The summed E-state index contributed by atoms with van der Waals surface area (Å²) in [6.07, 6.45) is 0.910. The lowest BCUT2D eigenvalue weighted by atomic mass is 10.2. The Bertz CT molecular complexity index is 422. The summed E-state index contributed by atoms with van der Waals surface area (Å²) in [6, 6.07) is 5.73. The molecule has 0 fully saturated rings. The van der Waals surface area contributed by atoms with Crippen molar-refractivity contribution in [2.45, 2.75) is 26.8 Å². The van der Waals surface area contributed by atoms with Gasteiger partial charge in [-0.1, -0.05) is 19.9 Å². The number of carbonyl (C=O) groups excluding carboxylic acids is 1. The van der Waals surface area contributed by atoms with E-state index < -0.39 is 0 Å². The Morgan fingerprint density at radius 2 is 2.05 bits per heavy atom. The Morgan fingerprint density at radius 1 is 1.25 bits per heavy atom. The number of benzene rings is 1. The SMILES string of the molecule is CCCNC(=O)COc1cc(CNCC)ccc1OC. The fourth-order valence-corrected chi connectivity index (χ4v) is 1.67. The normalized spacial score (nSPS) is 10.2. The molecule has 1 amide bonds. The third-order valence-corrected chi connectivity index (χ3v) is 2.74. The van der Waals surface area contributed by atoms with E-state index in [9.17, 15) is 4.79 Å². The number of methoxy groups -OCH3 is 1. The predicted octanol–water partition coefficient (Wildman–Crippen LogP) is 1.71. The molecule has 0 spiro atoms. The van der Waals surface area contributed by atoms with Crippen LogP contribution in [0.3, 0.4) is 0 Å². The molecule has 0 radical (unpaired) electrons. The van der Waals surface area contributed by atoms with Crippen LogP contribution in [0.15, 0.2) is 18.2 Å². The molecule has 2 N–H and O–H groups in total. The van der Waals surface area contributed by atoms with Crippen LogP contribution in [0.4, 0.5) is 0 Å². The molecule has 5 nitrogen and oxygen atoms in total. The number of rotatable bonds is 9. The average Bonchev–Trinajstić information content (AvgIpc) is 2.48. The second kappa shape index (κ2) is 9.20. The highest BCUT2D eigenvalue weighted by atomic mass is 16.5. The highest BCUT2D eigenvalue weighted by Crippen LogP contribution is 2.27. The monoisotopic (exact) mass is 280 g/mol. The van der Waals surface area contributed by atoms with Gasteiger partial charge in [0.15, 0.2) is 18.1 Å². The van der Waals surface area contributed by atoms with E-state index in [1.807, 2.05) is 25.1 Å². The molecule has 0 heterocycles. The number of amides is 1. The van der Waals surface area contributed by atoms with Gasteiger partial charge in [-0.25, -0.2) is 0 Å². The molecule has 0 atom stereocenters. The first-order chi connectivity index (χ1) is 9.71. The van der Waals surface area contributed by atoms with E-state index >= 15 is 0 Å². The van der Waals surface area contributed by atoms with Gasteiger partial charge in [0, 0.05) is 13.1 Å². The summed E-state index contributed by atoms with van der Waals surface area (Å²) < 4.78 is 10.8. The fourth-order valence-electron chi connectivity index (χ4n) is 1.67. The predicted molar refractivity (Wildman–Crippen MR) is 79.2 cm³/mol. The first kappa shape index (κ1) is 16.3. The smallest absolute Gasteiger partial charge is 0.257 e. The van der Waals surface area contributed by atoms with Crippen molar-refractivity contribution in [3.05, 3.63) is 23.8 Å². The largest absolute Gasteiger partial charge is 0.493 e. The van der Waals surface area contributed by atoms with Crippen LogP contribution in [0.5, 0.6) is 11.5 Å². The zero-order valence-corrected chi connectivity index (χ0v) is 12.5. The van der Waals surface area contributed by atoms with E-state index in [-0.39, 0.29) is 12.5 Å². The van der Waals surface area contributed by atoms with Gasteiger partial charge in [-0.15, -0.1) is 0 Å². The van der Waals surface area contributed by atoms with Gasteiger partial charge < -0.3 is 20.1 Å². The molecule has 0 saturated carbocycles. The summed E-state index contributed by atoms with van der Waals surface area (Å²) in [5.74, 6) is 1.11.